The van der Waals surface area contributed by atoms with Crippen molar-refractivity contribution in [2.75, 3.05) is 24.5 Å². The van der Waals surface area contributed by atoms with Crippen LogP contribution in [0.3, 0.4) is 0 Å². The van der Waals surface area contributed by atoms with Crippen LogP contribution in [0.25, 0.3) is 0 Å². The molecule has 1 amide bonds. The lowest BCUT2D eigenvalue weighted by Crippen LogP contribution is -2.55. The first kappa shape index (κ1) is 12.2. The molecule has 0 saturated carbocycles. The first-order chi connectivity index (χ1) is 9.10. The summed E-state index contributed by atoms with van der Waals surface area (Å²) in [6, 6.07) is 4.09. The maximum absolute atomic E-state index is 11.0. The zero-order valence-corrected chi connectivity index (χ0v) is 11.5. The fourth-order valence-corrected chi connectivity index (χ4v) is 3.07. The number of nitrogens with zero attached hydrogens (tertiary/aromatic N) is 4. The number of amides is 1. The van der Waals surface area contributed by atoms with Gasteiger partial charge in [0.25, 0.3) is 0 Å². The van der Waals surface area contributed by atoms with Crippen molar-refractivity contribution in [3.8, 4) is 6.07 Å². The van der Waals surface area contributed by atoms with E-state index < -0.39 is 6.09 Å². The summed E-state index contributed by atoms with van der Waals surface area (Å²) >= 11 is 3.23. The minimum atomic E-state index is -0.860. The molecule has 0 unspecified atom stereocenters. The number of carboxylic acid groups (broad SMARTS) is 1. The summed E-state index contributed by atoms with van der Waals surface area (Å²) in [4.78, 5) is 18.7. The monoisotopic (exact) mass is 322 g/mol. The molecule has 6 nitrogen and oxygen atoms in total. The molecule has 2 fully saturated rings. The maximum Gasteiger partial charge on any atom is 0.407 e. The summed E-state index contributed by atoms with van der Waals surface area (Å²) < 4.78 is 0.536. The number of rotatable bonds is 1. The number of likely N-dealkylation sites (tertiary alicyclic amines) is 1. The van der Waals surface area contributed by atoms with Crippen LogP contribution in [-0.2, 0) is 0 Å². The van der Waals surface area contributed by atoms with Gasteiger partial charge in [-0.15, -0.1) is 0 Å². The molecule has 0 spiro atoms. The third kappa shape index (κ3) is 1.92. The van der Waals surface area contributed by atoms with Gasteiger partial charge in [-0.05, 0) is 22.0 Å². The van der Waals surface area contributed by atoms with Gasteiger partial charge in [-0.25, -0.2) is 9.78 Å². The van der Waals surface area contributed by atoms with Gasteiger partial charge in [0.1, 0.15) is 10.7 Å². The van der Waals surface area contributed by atoms with E-state index in [9.17, 15) is 4.79 Å². The second-order valence-corrected chi connectivity index (χ2v) is 5.56. The fourth-order valence-electron chi connectivity index (χ4n) is 2.76. The Morgan fingerprint density at radius 2 is 2.32 bits per heavy atom. The highest BCUT2D eigenvalue weighted by atomic mass is 79.9. The Balaban J connectivity index is 1.79. The Kier molecular flexibility index (Phi) is 2.82. The van der Waals surface area contributed by atoms with Crippen LogP contribution < -0.4 is 4.90 Å². The molecule has 3 rings (SSSR count). The van der Waals surface area contributed by atoms with E-state index in [1.54, 1.807) is 12.3 Å². The van der Waals surface area contributed by atoms with Gasteiger partial charge < -0.3 is 14.9 Å². The second kappa shape index (κ2) is 4.38. The van der Waals surface area contributed by atoms with Gasteiger partial charge in [0.2, 0.25) is 0 Å². The molecule has 0 radical (unpaired) electrons. The molecule has 0 bridgehead atoms. The molecule has 1 aromatic rings. The van der Waals surface area contributed by atoms with Gasteiger partial charge in [0, 0.05) is 25.6 Å². The molecular weight excluding hydrogens is 312 g/mol. The Hall–Kier alpha value is -1.81. The molecule has 19 heavy (non-hydrogen) atoms. The largest absolute Gasteiger partial charge is 0.465 e. The van der Waals surface area contributed by atoms with Crippen molar-refractivity contribution in [3.63, 3.8) is 0 Å². The third-order valence-electron chi connectivity index (χ3n) is 3.79. The first-order valence-electron chi connectivity index (χ1n) is 5.90. The van der Waals surface area contributed by atoms with Crippen LogP contribution in [0.2, 0.25) is 0 Å². The number of halogens is 1. The second-order valence-electron chi connectivity index (χ2n) is 4.81. The van der Waals surface area contributed by atoms with Crippen LogP contribution in [0.5, 0.6) is 0 Å². The summed E-state index contributed by atoms with van der Waals surface area (Å²) in [5.41, 5.74) is 1.38. The smallest absolute Gasteiger partial charge is 0.407 e. The van der Waals surface area contributed by atoms with E-state index in [-0.39, 0.29) is 6.04 Å². The quantitative estimate of drug-likeness (QED) is 0.793. The normalized spacial score (nSPS) is 24.6. The van der Waals surface area contributed by atoms with Crippen molar-refractivity contribution in [2.24, 2.45) is 5.92 Å². The number of aromatic nitrogens is 1. The number of anilines is 1. The molecule has 1 N–H and O–H groups in total. The van der Waals surface area contributed by atoms with Gasteiger partial charge in [0.15, 0.2) is 0 Å². The molecule has 2 aliphatic rings. The van der Waals surface area contributed by atoms with E-state index in [1.165, 1.54) is 4.90 Å². The Morgan fingerprint density at radius 1 is 1.53 bits per heavy atom. The highest BCUT2D eigenvalue weighted by Crippen LogP contribution is 2.36. The van der Waals surface area contributed by atoms with Crippen molar-refractivity contribution >= 4 is 27.7 Å². The fraction of sp³-hybridized carbons (Fsp3) is 0.417. The molecule has 0 aliphatic carbocycles. The Labute approximate surface area is 118 Å². The summed E-state index contributed by atoms with van der Waals surface area (Å²) in [6.07, 6.45) is 0.853. The average molecular weight is 323 g/mol. The van der Waals surface area contributed by atoms with Crippen LogP contribution >= 0.6 is 15.9 Å². The number of hydrogen-bond acceptors (Lipinski definition) is 4. The van der Waals surface area contributed by atoms with Crippen LogP contribution in [0, 0.1) is 17.2 Å². The Bertz CT molecular complexity index is 586. The zero-order chi connectivity index (χ0) is 13.6. The minimum Gasteiger partial charge on any atom is -0.465 e. The predicted octanol–water partition coefficient (Wildman–Crippen LogP) is 1.51. The van der Waals surface area contributed by atoms with Crippen LogP contribution in [0.4, 0.5) is 10.5 Å². The molecule has 2 aliphatic heterocycles. The first-order valence-corrected chi connectivity index (χ1v) is 6.69. The van der Waals surface area contributed by atoms with Crippen molar-refractivity contribution in [1.82, 2.24) is 9.88 Å². The molecule has 0 aromatic carbocycles. The van der Waals surface area contributed by atoms with Crippen LogP contribution in [0.1, 0.15) is 5.56 Å². The van der Waals surface area contributed by atoms with Gasteiger partial charge in [-0.3, -0.25) is 0 Å². The van der Waals surface area contributed by atoms with E-state index >= 15 is 0 Å². The van der Waals surface area contributed by atoms with E-state index in [1.807, 2.05) is 0 Å². The van der Waals surface area contributed by atoms with E-state index in [4.69, 9.17) is 10.4 Å². The molecule has 7 heteroatoms. The van der Waals surface area contributed by atoms with Crippen LogP contribution in [-0.4, -0.2) is 46.8 Å². The lowest BCUT2D eigenvalue weighted by Gasteiger charge is -2.45. The highest BCUT2D eigenvalue weighted by Gasteiger charge is 2.47. The Morgan fingerprint density at radius 3 is 3.00 bits per heavy atom. The highest BCUT2D eigenvalue weighted by molar-refractivity contribution is 9.10. The zero-order valence-electron chi connectivity index (χ0n) is 9.95. The van der Waals surface area contributed by atoms with E-state index in [0.717, 1.165) is 12.2 Å². The molecule has 2 atom stereocenters. The lowest BCUT2D eigenvalue weighted by atomic mass is 9.91. The maximum atomic E-state index is 11.0. The average Bonchev–Trinajstić information content (AvgIpc) is 2.69. The van der Waals surface area contributed by atoms with Crippen LogP contribution in [0.15, 0.2) is 16.9 Å². The standard InChI is InChI=1S/C12H11BrN4O2/c13-11-7(2-14)1-9(3-15-11)17-5-8-4-16(12(18)19)6-10(8)17/h1,3,8,10H,4-6H2,(H,18,19)/t8-,10-/m1/s1. The van der Waals surface area contributed by atoms with Gasteiger partial charge in [-0.1, -0.05) is 0 Å². The summed E-state index contributed by atoms with van der Waals surface area (Å²) in [5.74, 6) is 0.394. The van der Waals surface area contributed by atoms with Crippen molar-refractivity contribution in [1.29, 1.82) is 5.26 Å². The number of pyridine rings is 1. The molecule has 1 aromatic heterocycles. The molecule has 2 saturated heterocycles. The van der Waals surface area contributed by atoms with Crippen molar-refractivity contribution in [3.05, 3.63) is 22.4 Å². The number of nitriles is 1. The topological polar surface area (TPSA) is 80.5 Å². The summed E-state index contributed by atoms with van der Waals surface area (Å²) in [7, 11) is 0. The molecule has 98 valence electrons. The number of carbonyl (C=O) groups is 1. The summed E-state index contributed by atoms with van der Waals surface area (Å²) in [5, 5.41) is 18.0. The number of fused-ring (bicyclic) bond motifs is 1. The van der Waals surface area contributed by atoms with Gasteiger partial charge in [0.05, 0.1) is 23.5 Å². The predicted molar refractivity (Wildman–Crippen MR) is 70.9 cm³/mol. The third-order valence-corrected chi connectivity index (χ3v) is 4.42. The van der Waals surface area contributed by atoms with Crippen molar-refractivity contribution < 1.29 is 9.90 Å². The van der Waals surface area contributed by atoms with E-state index in [2.05, 4.69) is 31.9 Å². The van der Waals surface area contributed by atoms with Gasteiger partial charge >= 0.3 is 6.09 Å². The van der Waals surface area contributed by atoms with Gasteiger partial charge in [-0.2, -0.15) is 5.26 Å². The molecule has 3 heterocycles. The van der Waals surface area contributed by atoms with Crippen molar-refractivity contribution in [2.45, 2.75) is 6.04 Å². The molecular formula is C12H11BrN4O2. The number of hydrogen-bond donors (Lipinski definition) is 1. The van der Waals surface area contributed by atoms with E-state index in [0.29, 0.717) is 29.2 Å². The minimum absolute atomic E-state index is 0.214. The summed E-state index contributed by atoms with van der Waals surface area (Å²) in [6.45, 7) is 1.95. The lowest BCUT2D eigenvalue weighted by molar-refractivity contribution is 0.155. The SMILES string of the molecule is N#Cc1cc(N2C[C@H]3CN(C(=O)O)C[C@H]32)cnc1Br.